The van der Waals surface area contributed by atoms with Crippen LogP contribution in [0.15, 0.2) is 0 Å². The molecule has 0 saturated heterocycles. The zero-order valence-electron chi connectivity index (χ0n) is 22.2. The van der Waals surface area contributed by atoms with Gasteiger partial charge in [-0.2, -0.15) is 0 Å². The van der Waals surface area contributed by atoms with Gasteiger partial charge in [-0.1, -0.05) is 33.6 Å². The summed E-state index contributed by atoms with van der Waals surface area (Å²) in [7, 11) is 0. The summed E-state index contributed by atoms with van der Waals surface area (Å²) in [6.45, 7) is 12.7. The summed E-state index contributed by atoms with van der Waals surface area (Å²) in [6, 6.07) is 0. The highest BCUT2D eigenvalue weighted by Gasteiger charge is 2.67. The van der Waals surface area contributed by atoms with E-state index in [4.69, 9.17) is 4.74 Å². The van der Waals surface area contributed by atoms with Gasteiger partial charge < -0.3 is 14.9 Å². The zero-order valence-corrected chi connectivity index (χ0v) is 22.2. The van der Waals surface area contributed by atoms with E-state index in [-0.39, 0.29) is 22.9 Å². The molecule has 4 nitrogen and oxygen atoms in total. The fourth-order valence-corrected chi connectivity index (χ4v) is 9.54. The van der Waals surface area contributed by atoms with Crippen molar-refractivity contribution in [2.24, 2.45) is 40.4 Å². The van der Waals surface area contributed by atoms with Crippen LogP contribution in [0.25, 0.3) is 0 Å². The lowest BCUT2D eigenvalue weighted by Gasteiger charge is -2.64. The third-order valence-electron chi connectivity index (χ3n) is 11.3. The Morgan fingerprint density at radius 1 is 1.06 bits per heavy atom. The fraction of sp³-hybridized carbons (Fsp3) is 0.966. The number of fused-ring (bicyclic) bond motifs is 5. The maximum absolute atomic E-state index is 12.4. The number of hydrogen-bond donors (Lipinski definition) is 2. The fourth-order valence-electron chi connectivity index (χ4n) is 9.54. The first-order valence-electron chi connectivity index (χ1n) is 13.9. The standard InChI is InChI=1S/C29H50O4/c1-19(8-7-14-26(3,4)31)23-13-17-29(32)25-10-9-21-18-22(33-20(2)30)11-15-27(21,5)24(25)12-16-28(23,29)6/h19,21-25,31-32H,7-18H2,1-6H3/t19-,21+,22+,23-,24+,25-,27+,28-,29-/m1/s1. The van der Waals surface area contributed by atoms with Crippen LogP contribution < -0.4 is 0 Å². The monoisotopic (exact) mass is 462 g/mol. The molecule has 0 unspecified atom stereocenters. The molecule has 4 saturated carbocycles. The Morgan fingerprint density at radius 3 is 2.45 bits per heavy atom. The molecule has 9 atom stereocenters. The molecule has 0 spiro atoms. The van der Waals surface area contributed by atoms with E-state index in [0.29, 0.717) is 29.6 Å². The first kappa shape index (κ1) is 25.5. The Labute approximate surface area is 202 Å². The van der Waals surface area contributed by atoms with Crippen LogP contribution >= 0.6 is 0 Å². The minimum absolute atomic E-state index is 0.0143. The number of esters is 1. The summed E-state index contributed by atoms with van der Waals surface area (Å²) in [5.41, 5.74) is -0.833. The molecule has 190 valence electrons. The molecular weight excluding hydrogens is 412 g/mol. The Kier molecular flexibility index (Phi) is 6.80. The van der Waals surface area contributed by atoms with Gasteiger partial charge in [0.05, 0.1) is 11.2 Å². The van der Waals surface area contributed by atoms with E-state index in [1.54, 1.807) is 0 Å². The molecule has 0 aromatic heterocycles. The van der Waals surface area contributed by atoms with Crippen molar-refractivity contribution in [3.63, 3.8) is 0 Å². The molecule has 4 aliphatic carbocycles. The van der Waals surface area contributed by atoms with Crippen molar-refractivity contribution in [2.75, 3.05) is 0 Å². The second-order valence-electron chi connectivity index (χ2n) is 13.7. The molecule has 4 rings (SSSR count). The van der Waals surface area contributed by atoms with Crippen LogP contribution in [0.5, 0.6) is 0 Å². The predicted molar refractivity (Wildman–Crippen MR) is 132 cm³/mol. The van der Waals surface area contributed by atoms with Gasteiger partial charge in [0, 0.05) is 6.92 Å². The van der Waals surface area contributed by atoms with E-state index in [9.17, 15) is 15.0 Å². The Bertz CT molecular complexity index is 728. The molecule has 0 aromatic rings. The molecule has 4 aliphatic rings. The number of carbonyl (C=O) groups excluding carboxylic acids is 1. The summed E-state index contributed by atoms with van der Waals surface area (Å²) >= 11 is 0. The summed E-state index contributed by atoms with van der Waals surface area (Å²) in [4.78, 5) is 11.5. The lowest BCUT2D eigenvalue weighted by molar-refractivity contribution is -0.214. The molecule has 33 heavy (non-hydrogen) atoms. The highest BCUT2D eigenvalue weighted by Crippen LogP contribution is 2.70. The van der Waals surface area contributed by atoms with Crippen LogP contribution in [-0.2, 0) is 9.53 Å². The van der Waals surface area contributed by atoms with Gasteiger partial charge in [0.1, 0.15) is 6.10 Å². The Balaban J connectivity index is 1.47. The normalized spacial score (nSPS) is 46.1. The van der Waals surface area contributed by atoms with E-state index in [0.717, 1.165) is 64.2 Å². The summed E-state index contributed by atoms with van der Waals surface area (Å²) < 4.78 is 5.62. The number of carbonyl (C=O) groups is 1. The van der Waals surface area contributed by atoms with E-state index < -0.39 is 11.2 Å². The van der Waals surface area contributed by atoms with Crippen LogP contribution in [-0.4, -0.2) is 33.5 Å². The smallest absolute Gasteiger partial charge is 0.302 e. The Hall–Kier alpha value is -0.610. The van der Waals surface area contributed by atoms with Gasteiger partial charge in [0.25, 0.3) is 0 Å². The molecule has 0 amide bonds. The first-order chi connectivity index (χ1) is 15.3. The van der Waals surface area contributed by atoms with Gasteiger partial charge in [-0.3, -0.25) is 4.79 Å². The number of rotatable bonds is 6. The topological polar surface area (TPSA) is 66.8 Å². The van der Waals surface area contributed by atoms with Crippen molar-refractivity contribution in [1.29, 1.82) is 0 Å². The lowest BCUT2D eigenvalue weighted by atomic mass is 9.43. The molecule has 0 radical (unpaired) electrons. The van der Waals surface area contributed by atoms with Crippen molar-refractivity contribution in [3.05, 3.63) is 0 Å². The molecular formula is C29H50O4. The van der Waals surface area contributed by atoms with Crippen LogP contribution in [0.3, 0.4) is 0 Å². The van der Waals surface area contributed by atoms with Crippen LogP contribution in [0.2, 0.25) is 0 Å². The predicted octanol–water partition coefficient (Wildman–Crippen LogP) is 6.27. The van der Waals surface area contributed by atoms with Crippen LogP contribution in [0, 0.1) is 40.4 Å². The summed E-state index contributed by atoms with van der Waals surface area (Å²) in [5.74, 6) is 2.65. The molecule has 2 N–H and O–H groups in total. The second kappa shape index (κ2) is 8.80. The first-order valence-corrected chi connectivity index (χ1v) is 13.9. The van der Waals surface area contributed by atoms with Gasteiger partial charge in [-0.25, -0.2) is 0 Å². The van der Waals surface area contributed by atoms with Crippen molar-refractivity contribution >= 4 is 5.97 Å². The minimum Gasteiger partial charge on any atom is -0.463 e. The number of ether oxygens (including phenoxy) is 1. The molecule has 0 heterocycles. The second-order valence-corrected chi connectivity index (χ2v) is 13.7. The minimum atomic E-state index is -0.583. The largest absolute Gasteiger partial charge is 0.463 e. The summed E-state index contributed by atoms with van der Waals surface area (Å²) in [5, 5.41) is 22.5. The molecule has 4 heteroatoms. The van der Waals surface area contributed by atoms with E-state index in [1.807, 2.05) is 13.8 Å². The number of hydrogen-bond acceptors (Lipinski definition) is 4. The highest BCUT2D eigenvalue weighted by molar-refractivity contribution is 5.66. The third kappa shape index (κ3) is 4.41. The SMILES string of the molecule is CC(=O)O[C@H]1CC[C@@]2(C)[C@@H](CC[C@@H]3[C@@H]2CC[C@]2(C)[C@@H]([C@H](C)CCCC(C)(C)O)CC[C@@]32O)C1. The molecule has 0 aromatic carbocycles. The maximum atomic E-state index is 12.4. The third-order valence-corrected chi connectivity index (χ3v) is 11.3. The van der Waals surface area contributed by atoms with E-state index in [2.05, 4.69) is 20.8 Å². The van der Waals surface area contributed by atoms with Crippen molar-refractivity contribution in [3.8, 4) is 0 Å². The quantitative estimate of drug-likeness (QED) is 0.457. The number of aliphatic hydroxyl groups is 2. The van der Waals surface area contributed by atoms with Gasteiger partial charge in [0.15, 0.2) is 0 Å². The van der Waals surface area contributed by atoms with E-state index >= 15 is 0 Å². The summed E-state index contributed by atoms with van der Waals surface area (Å²) in [6.07, 6.45) is 13.0. The van der Waals surface area contributed by atoms with Crippen molar-refractivity contribution in [2.45, 2.75) is 136 Å². The zero-order chi connectivity index (χ0) is 24.2. The van der Waals surface area contributed by atoms with Gasteiger partial charge >= 0.3 is 5.97 Å². The van der Waals surface area contributed by atoms with Crippen molar-refractivity contribution < 1.29 is 19.7 Å². The van der Waals surface area contributed by atoms with Crippen molar-refractivity contribution in [1.82, 2.24) is 0 Å². The maximum Gasteiger partial charge on any atom is 0.302 e. The van der Waals surface area contributed by atoms with E-state index in [1.165, 1.54) is 19.8 Å². The molecule has 0 aliphatic heterocycles. The molecule has 4 fully saturated rings. The van der Waals surface area contributed by atoms with Crippen LogP contribution in [0.1, 0.15) is 119 Å². The average Bonchev–Trinajstić information content (AvgIpc) is 2.98. The highest BCUT2D eigenvalue weighted by atomic mass is 16.5. The Morgan fingerprint density at radius 2 is 1.79 bits per heavy atom. The van der Waals surface area contributed by atoms with Gasteiger partial charge in [-0.05, 0) is 118 Å². The average molecular weight is 463 g/mol. The molecule has 0 bridgehead atoms. The van der Waals surface area contributed by atoms with Gasteiger partial charge in [-0.15, -0.1) is 0 Å². The van der Waals surface area contributed by atoms with Crippen LogP contribution in [0.4, 0.5) is 0 Å². The van der Waals surface area contributed by atoms with Gasteiger partial charge in [0.2, 0.25) is 0 Å². The lowest BCUT2D eigenvalue weighted by Crippen LogP contribution is -2.62.